The number of hydrogen-bond acceptors (Lipinski definition) is 3. The minimum Gasteiger partial charge on any atom is -0.329 e. The number of rotatable bonds is 7. The van der Waals surface area contributed by atoms with E-state index in [1.54, 1.807) is 11.2 Å². The van der Waals surface area contributed by atoms with Crippen LogP contribution in [0.25, 0.3) is 0 Å². The highest BCUT2D eigenvalue weighted by Crippen LogP contribution is 2.13. The predicted molar refractivity (Wildman–Crippen MR) is 68.7 cm³/mol. The zero-order valence-corrected chi connectivity index (χ0v) is 11.9. The van der Waals surface area contributed by atoms with Gasteiger partial charge >= 0.3 is 0 Å². The lowest BCUT2D eigenvalue weighted by atomic mass is 10.2. The Morgan fingerprint density at radius 1 is 1.00 bits per heavy atom. The molecule has 0 bridgehead atoms. The van der Waals surface area contributed by atoms with Crippen molar-refractivity contribution in [3.8, 4) is 0 Å². The number of nitrogens with zero attached hydrogens (tertiary/aromatic N) is 1. The van der Waals surface area contributed by atoms with E-state index in [0.29, 0.717) is 24.9 Å². The van der Waals surface area contributed by atoms with Crippen LogP contribution < -0.4 is 5.73 Å². The second-order valence-corrected chi connectivity index (χ2v) is 7.55. The Hall–Kier alpha value is -0.130. The zero-order chi connectivity index (χ0) is 12.9. The van der Waals surface area contributed by atoms with Crippen LogP contribution in [-0.4, -0.2) is 37.6 Å². The first kappa shape index (κ1) is 15.9. The van der Waals surface area contributed by atoms with Crippen molar-refractivity contribution < 1.29 is 8.42 Å². The molecule has 98 valence electrons. The van der Waals surface area contributed by atoms with Crippen molar-refractivity contribution >= 4 is 10.0 Å². The van der Waals surface area contributed by atoms with Crippen molar-refractivity contribution in [2.24, 2.45) is 17.6 Å². The third-order valence-electron chi connectivity index (χ3n) is 2.34. The Morgan fingerprint density at radius 2 is 1.38 bits per heavy atom. The fraction of sp³-hybridized carbons (Fsp3) is 1.00. The molecule has 0 aromatic rings. The van der Waals surface area contributed by atoms with Crippen LogP contribution in [0.4, 0.5) is 0 Å². The van der Waals surface area contributed by atoms with E-state index >= 15 is 0 Å². The minimum atomic E-state index is -3.23. The maximum absolute atomic E-state index is 12.2. The molecule has 0 aromatic heterocycles. The quantitative estimate of drug-likeness (QED) is 0.740. The highest BCUT2D eigenvalue weighted by atomic mass is 32.2. The van der Waals surface area contributed by atoms with E-state index in [1.807, 2.05) is 27.7 Å². The van der Waals surface area contributed by atoms with Crippen molar-refractivity contribution in [3.63, 3.8) is 0 Å². The van der Waals surface area contributed by atoms with Crippen molar-refractivity contribution in [2.45, 2.75) is 39.9 Å². The standard InChI is InChI=1S/C11H26N2O2S/c1-9(2)7-13(8-10(3)4)16(14,15)11(5)6-12/h9-11H,6-8,12H2,1-5H3. The zero-order valence-electron chi connectivity index (χ0n) is 11.1. The summed E-state index contributed by atoms with van der Waals surface area (Å²) in [5, 5.41) is -0.495. The van der Waals surface area contributed by atoms with Gasteiger partial charge in [0.15, 0.2) is 0 Å². The molecule has 0 aliphatic carbocycles. The molecule has 16 heavy (non-hydrogen) atoms. The van der Waals surface area contributed by atoms with Gasteiger partial charge in [-0.15, -0.1) is 0 Å². The molecule has 0 fully saturated rings. The molecule has 1 unspecified atom stereocenters. The van der Waals surface area contributed by atoms with Gasteiger partial charge in [-0.05, 0) is 18.8 Å². The molecule has 0 radical (unpaired) electrons. The summed E-state index contributed by atoms with van der Waals surface area (Å²) >= 11 is 0. The molecule has 0 aromatic carbocycles. The summed E-state index contributed by atoms with van der Waals surface area (Å²) in [4.78, 5) is 0. The summed E-state index contributed by atoms with van der Waals surface area (Å²) in [6.07, 6.45) is 0. The maximum Gasteiger partial charge on any atom is 0.217 e. The second kappa shape index (κ2) is 6.57. The van der Waals surface area contributed by atoms with Crippen molar-refractivity contribution in [1.29, 1.82) is 0 Å². The maximum atomic E-state index is 12.2. The van der Waals surface area contributed by atoms with Gasteiger partial charge in [0.05, 0.1) is 5.25 Å². The van der Waals surface area contributed by atoms with E-state index < -0.39 is 15.3 Å². The van der Waals surface area contributed by atoms with Gasteiger partial charge in [-0.2, -0.15) is 0 Å². The summed E-state index contributed by atoms with van der Waals surface area (Å²) in [5.74, 6) is 0.664. The summed E-state index contributed by atoms with van der Waals surface area (Å²) in [6.45, 7) is 11.1. The first-order valence-corrected chi connectivity index (χ1v) is 7.41. The van der Waals surface area contributed by atoms with E-state index in [9.17, 15) is 8.42 Å². The Kier molecular flexibility index (Phi) is 6.51. The Balaban J connectivity index is 4.87. The van der Waals surface area contributed by atoms with Gasteiger partial charge in [-0.1, -0.05) is 27.7 Å². The van der Waals surface area contributed by atoms with E-state index in [0.717, 1.165) is 0 Å². The topological polar surface area (TPSA) is 63.4 Å². The molecule has 2 N–H and O–H groups in total. The molecule has 0 rings (SSSR count). The predicted octanol–water partition coefficient (Wildman–Crippen LogP) is 1.28. The van der Waals surface area contributed by atoms with E-state index in [-0.39, 0.29) is 6.54 Å². The molecule has 4 nitrogen and oxygen atoms in total. The van der Waals surface area contributed by atoms with Gasteiger partial charge < -0.3 is 5.73 Å². The second-order valence-electron chi connectivity index (χ2n) is 5.20. The average molecular weight is 250 g/mol. The van der Waals surface area contributed by atoms with Crippen molar-refractivity contribution in [1.82, 2.24) is 4.31 Å². The first-order valence-electron chi connectivity index (χ1n) is 5.90. The van der Waals surface area contributed by atoms with Crippen molar-refractivity contribution in [2.75, 3.05) is 19.6 Å². The molecule has 1 atom stereocenters. The van der Waals surface area contributed by atoms with Gasteiger partial charge in [-0.25, -0.2) is 12.7 Å². The fourth-order valence-electron chi connectivity index (χ4n) is 1.47. The third kappa shape index (κ3) is 4.80. The normalized spacial score (nSPS) is 15.1. The number of hydrogen-bond donors (Lipinski definition) is 1. The van der Waals surface area contributed by atoms with Crippen LogP contribution >= 0.6 is 0 Å². The third-order valence-corrected chi connectivity index (χ3v) is 4.57. The number of nitrogens with two attached hydrogens (primary N) is 1. The molecule has 0 aliphatic rings. The highest BCUT2D eigenvalue weighted by Gasteiger charge is 2.28. The van der Waals surface area contributed by atoms with Crippen LogP contribution in [0.15, 0.2) is 0 Å². The molecule has 0 aliphatic heterocycles. The van der Waals surface area contributed by atoms with E-state index in [2.05, 4.69) is 0 Å². The first-order chi connectivity index (χ1) is 7.21. The lowest BCUT2D eigenvalue weighted by Crippen LogP contribution is -2.44. The Morgan fingerprint density at radius 3 is 1.62 bits per heavy atom. The van der Waals surface area contributed by atoms with Crippen LogP contribution in [0.5, 0.6) is 0 Å². The average Bonchev–Trinajstić information content (AvgIpc) is 2.13. The van der Waals surface area contributed by atoms with Crippen LogP contribution in [0.2, 0.25) is 0 Å². The van der Waals surface area contributed by atoms with Crippen LogP contribution in [0.3, 0.4) is 0 Å². The summed E-state index contributed by atoms with van der Waals surface area (Å²) in [5.41, 5.74) is 5.45. The number of sulfonamides is 1. The van der Waals surface area contributed by atoms with Gasteiger partial charge in [0.1, 0.15) is 0 Å². The molecular formula is C11H26N2O2S. The minimum absolute atomic E-state index is 0.176. The van der Waals surface area contributed by atoms with Gasteiger partial charge in [0.2, 0.25) is 10.0 Å². The molecule has 0 amide bonds. The van der Waals surface area contributed by atoms with Crippen LogP contribution in [0, 0.1) is 11.8 Å². The Bertz CT molecular complexity index is 276. The summed E-state index contributed by atoms with van der Waals surface area (Å²) < 4.78 is 25.9. The molecule has 5 heteroatoms. The van der Waals surface area contributed by atoms with E-state index in [4.69, 9.17) is 5.73 Å². The molecule has 0 heterocycles. The molecular weight excluding hydrogens is 224 g/mol. The van der Waals surface area contributed by atoms with E-state index in [1.165, 1.54) is 0 Å². The van der Waals surface area contributed by atoms with Gasteiger partial charge in [0.25, 0.3) is 0 Å². The van der Waals surface area contributed by atoms with Crippen LogP contribution in [-0.2, 0) is 10.0 Å². The SMILES string of the molecule is CC(C)CN(CC(C)C)S(=O)(=O)C(C)CN. The molecule has 0 saturated heterocycles. The summed E-state index contributed by atoms with van der Waals surface area (Å²) in [7, 11) is -3.23. The fourth-order valence-corrected chi connectivity index (χ4v) is 3.24. The lowest BCUT2D eigenvalue weighted by molar-refractivity contribution is 0.330. The van der Waals surface area contributed by atoms with Gasteiger partial charge in [0, 0.05) is 19.6 Å². The monoisotopic (exact) mass is 250 g/mol. The van der Waals surface area contributed by atoms with Gasteiger partial charge in [-0.3, -0.25) is 0 Å². The van der Waals surface area contributed by atoms with Crippen molar-refractivity contribution in [3.05, 3.63) is 0 Å². The van der Waals surface area contributed by atoms with Crippen LogP contribution in [0.1, 0.15) is 34.6 Å². The lowest BCUT2D eigenvalue weighted by Gasteiger charge is -2.28. The largest absolute Gasteiger partial charge is 0.329 e. The highest BCUT2D eigenvalue weighted by molar-refractivity contribution is 7.89. The smallest absolute Gasteiger partial charge is 0.217 e. The molecule has 0 spiro atoms. The molecule has 0 saturated carbocycles. The summed E-state index contributed by atoms with van der Waals surface area (Å²) in [6, 6.07) is 0. The Labute approximate surface area is 100 Å².